The number of esters is 1. The molecule has 0 heterocycles. The molecule has 0 fully saturated rings. The number of hydrogen-bond acceptors (Lipinski definition) is 6. The first-order valence-electron chi connectivity index (χ1n) is 9.11. The monoisotopic (exact) mass is 454 g/mol. The van der Waals surface area contributed by atoms with Crippen molar-refractivity contribution in [3.63, 3.8) is 0 Å². The van der Waals surface area contributed by atoms with E-state index in [-0.39, 0.29) is 40.8 Å². The Bertz CT molecular complexity index is 854. The fourth-order valence-corrected chi connectivity index (χ4v) is 4.31. The van der Waals surface area contributed by atoms with Gasteiger partial charge in [0.2, 0.25) is 10.0 Å². The van der Waals surface area contributed by atoms with Crippen molar-refractivity contribution < 1.29 is 40.7 Å². The Morgan fingerprint density at radius 1 is 1.10 bits per heavy atom. The van der Waals surface area contributed by atoms with E-state index in [1.807, 2.05) is 0 Å². The van der Waals surface area contributed by atoms with Crippen LogP contribution < -0.4 is 4.74 Å². The van der Waals surface area contributed by atoms with Crippen molar-refractivity contribution in [1.82, 2.24) is 9.21 Å². The molecule has 0 radical (unpaired) electrons. The van der Waals surface area contributed by atoms with Crippen molar-refractivity contribution in [3.8, 4) is 5.75 Å². The lowest BCUT2D eigenvalue weighted by molar-refractivity contribution is -0.153. The quantitative estimate of drug-likeness (QED) is 0.504. The molecule has 0 aliphatic rings. The SMILES string of the molecule is CCOC(=O)CN(CC(F)(F)F)C(=O)c1ccc(OC)c(S(=O)(=O)N(CC)CC)c1. The summed E-state index contributed by atoms with van der Waals surface area (Å²) in [5.74, 6) is -2.25. The Kier molecular flexibility index (Phi) is 9.09. The molecule has 0 aliphatic carbocycles. The van der Waals surface area contributed by atoms with Gasteiger partial charge in [0.25, 0.3) is 5.91 Å². The third-order valence-corrected chi connectivity index (χ3v) is 6.09. The summed E-state index contributed by atoms with van der Waals surface area (Å²) in [6, 6.07) is 3.26. The number of carbonyl (C=O) groups excluding carboxylic acids is 2. The van der Waals surface area contributed by atoms with E-state index < -0.39 is 41.2 Å². The van der Waals surface area contributed by atoms with Crippen LogP contribution in [0.2, 0.25) is 0 Å². The van der Waals surface area contributed by atoms with Crippen molar-refractivity contribution in [3.05, 3.63) is 23.8 Å². The van der Waals surface area contributed by atoms with Crippen LogP contribution in [-0.2, 0) is 19.6 Å². The molecule has 0 saturated heterocycles. The van der Waals surface area contributed by atoms with Crippen LogP contribution in [0.1, 0.15) is 31.1 Å². The summed E-state index contributed by atoms with van der Waals surface area (Å²) < 4.78 is 75.4. The van der Waals surface area contributed by atoms with Crippen molar-refractivity contribution in [1.29, 1.82) is 0 Å². The van der Waals surface area contributed by atoms with Gasteiger partial charge in [-0.1, -0.05) is 13.8 Å². The maximum absolute atomic E-state index is 12.9. The zero-order valence-electron chi connectivity index (χ0n) is 17.2. The molecule has 0 bridgehead atoms. The molecular formula is C18H25F3N2O6S. The van der Waals surface area contributed by atoms with Crippen LogP contribution >= 0.6 is 0 Å². The maximum atomic E-state index is 12.9. The molecule has 1 aromatic carbocycles. The minimum absolute atomic E-state index is 0.0637. The van der Waals surface area contributed by atoms with Crippen molar-refractivity contribution in [2.24, 2.45) is 0 Å². The maximum Gasteiger partial charge on any atom is 0.406 e. The van der Waals surface area contributed by atoms with Gasteiger partial charge in [-0.2, -0.15) is 17.5 Å². The first kappa shape index (κ1) is 25.7. The molecule has 1 amide bonds. The molecule has 1 aromatic rings. The van der Waals surface area contributed by atoms with E-state index in [4.69, 9.17) is 4.74 Å². The minimum Gasteiger partial charge on any atom is -0.495 e. The number of hydrogen-bond donors (Lipinski definition) is 0. The Morgan fingerprint density at radius 2 is 1.70 bits per heavy atom. The predicted molar refractivity (Wildman–Crippen MR) is 102 cm³/mol. The number of rotatable bonds is 10. The van der Waals surface area contributed by atoms with E-state index >= 15 is 0 Å². The number of amides is 1. The van der Waals surface area contributed by atoms with E-state index in [1.165, 1.54) is 20.1 Å². The third-order valence-electron chi connectivity index (χ3n) is 4.02. The van der Waals surface area contributed by atoms with Gasteiger partial charge in [-0.25, -0.2) is 8.42 Å². The summed E-state index contributed by atoms with van der Waals surface area (Å²) in [6.07, 6.45) is -4.77. The third kappa shape index (κ3) is 6.59. The topological polar surface area (TPSA) is 93.2 Å². The van der Waals surface area contributed by atoms with Crippen molar-refractivity contribution in [2.75, 3.05) is 39.9 Å². The summed E-state index contributed by atoms with van der Waals surface area (Å²) in [5, 5.41) is 0. The van der Waals surface area contributed by atoms with Gasteiger partial charge in [-0.3, -0.25) is 9.59 Å². The van der Waals surface area contributed by atoms with Gasteiger partial charge < -0.3 is 14.4 Å². The highest BCUT2D eigenvalue weighted by Gasteiger charge is 2.35. The van der Waals surface area contributed by atoms with Crippen LogP contribution in [0.15, 0.2) is 23.1 Å². The minimum atomic E-state index is -4.77. The van der Waals surface area contributed by atoms with Gasteiger partial charge in [0.05, 0.1) is 13.7 Å². The smallest absolute Gasteiger partial charge is 0.406 e. The van der Waals surface area contributed by atoms with E-state index in [9.17, 15) is 31.2 Å². The lowest BCUT2D eigenvalue weighted by Gasteiger charge is -2.24. The summed E-state index contributed by atoms with van der Waals surface area (Å²) in [5.41, 5.74) is -0.338. The largest absolute Gasteiger partial charge is 0.495 e. The summed E-state index contributed by atoms with van der Waals surface area (Å²) in [4.78, 5) is 24.3. The highest BCUT2D eigenvalue weighted by Crippen LogP contribution is 2.29. The summed E-state index contributed by atoms with van der Waals surface area (Å²) in [6.45, 7) is 2.29. The number of methoxy groups -OCH3 is 1. The highest BCUT2D eigenvalue weighted by molar-refractivity contribution is 7.89. The highest BCUT2D eigenvalue weighted by atomic mass is 32.2. The lowest BCUT2D eigenvalue weighted by Crippen LogP contribution is -2.42. The number of carbonyl (C=O) groups is 2. The van der Waals surface area contributed by atoms with E-state index in [2.05, 4.69) is 4.74 Å². The number of alkyl halides is 3. The van der Waals surface area contributed by atoms with Crippen LogP contribution in [0.4, 0.5) is 13.2 Å². The summed E-state index contributed by atoms with van der Waals surface area (Å²) in [7, 11) is -2.84. The second-order valence-corrected chi connectivity index (χ2v) is 7.94. The molecule has 0 spiro atoms. The predicted octanol–water partition coefficient (Wildman–Crippen LogP) is 2.29. The molecule has 8 nitrogen and oxygen atoms in total. The van der Waals surface area contributed by atoms with E-state index in [1.54, 1.807) is 13.8 Å². The standard InChI is InChI=1S/C18H25F3N2O6S/c1-5-23(6-2)30(26,27)15-10-13(8-9-14(15)28-4)17(25)22(12-18(19,20)21)11-16(24)29-7-3/h8-10H,5-7,11-12H2,1-4H3. The van der Waals surface area contributed by atoms with E-state index in [0.29, 0.717) is 0 Å². The zero-order valence-corrected chi connectivity index (χ0v) is 18.0. The average Bonchev–Trinajstić information content (AvgIpc) is 2.66. The van der Waals surface area contributed by atoms with Gasteiger partial charge in [0.15, 0.2) is 0 Å². The molecule has 170 valence electrons. The molecule has 0 aliphatic heterocycles. The number of ether oxygens (including phenoxy) is 2. The Balaban J connectivity index is 3.42. The van der Waals surface area contributed by atoms with Crippen molar-refractivity contribution in [2.45, 2.75) is 31.8 Å². The van der Waals surface area contributed by atoms with Crippen LogP contribution in [0, 0.1) is 0 Å². The Labute approximate surface area is 173 Å². The fraction of sp³-hybridized carbons (Fsp3) is 0.556. The normalized spacial score (nSPS) is 12.0. The molecule has 1 rings (SSSR count). The van der Waals surface area contributed by atoms with Gasteiger partial charge in [-0.05, 0) is 25.1 Å². The number of halogens is 3. The molecule has 12 heteroatoms. The molecule has 0 unspecified atom stereocenters. The van der Waals surface area contributed by atoms with Crippen LogP contribution in [-0.4, -0.2) is 75.6 Å². The molecule has 0 saturated carbocycles. The number of benzene rings is 1. The van der Waals surface area contributed by atoms with Crippen LogP contribution in [0.25, 0.3) is 0 Å². The molecule has 0 N–H and O–H groups in total. The van der Waals surface area contributed by atoms with Gasteiger partial charge >= 0.3 is 12.1 Å². The second-order valence-electron chi connectivity index (χ2n) is 6.04. The van der Waals surface area contributed by atoms with Gasteiger partial charge in [0, 0.05) is 18.7 Å². The first-order valence-corrected chi connectivity index (χ1v) is 10.5. The van der Waals surface area contributed by atoms with Crippen molar-refractivity contribution >= 4 is 21.9 Å². The van der Waals surface area contributed by atoms with Crippen LogP contribution in [0.5, 0.6) is 5.75 Å². The number of sulfonamides is 1. The van der Waals surface area contributed by atoms with E-state index in [0.717, 1.165) is 16.4 Å². The molecule has 0 atom stereocenters. The molecule has 30 heavy (non-hydrogen) atoms. The zero-order chi connectivity index (χ0) is 23.1. The van der Waals surface area contributed by atoms with Gasteiger partial charge in [-0.15, -0.1) is 0 Å². The first-order chi connectivity index (χ1) is 13.9. The average molecular weight is 454 g/mol. The fourth-order valence-electron chi connectivity index (χ4n) is 2.67. The summed E-state index contributed by atoms with van der Waals surface area (Å²) >= 11 is 0. The Morgan fingerprint density at radius 3 is 2.17 bits per heavy atom. The number of nitrogens with zero attached hydrogens (tertiary/aromatic N) is 2. The molecule has 0 aromatic heterocycles. The second kappa shape index (κ2) is 10.6. The lowest BCUT2D eigenvalue weighted by atomic mass is 10.2. The Hall–Kier alpha value is -2.34. The van der Waals surface area contributed by atoms with Crippen LogP contribution in [0.3, 0.4) is 0 Å². The van der Waals surface area contributed by atoms with Gasteiger partial charge in [0.1, 0.15) is 23.7 Å². The molecular weight excluding hydrogens is 429 g/mol.